The van der Waals surface area contributed by atoms with Gasteiger partial charge in [-0.15, -0.1) is 0 Å². The summed E-state index contributed by atoms with van der Waals surface area (Å²) in [6, 6.07) is 0.0286. The molecule has 0 N–H and O–H groups in total. The van der Waals surface area contributed by atoms with Crippen LogP contribution in [0.4, 0.5) is 0 Å². The van der Waals surface area contributed by atoms with Crippen LogP contribution in [0.5, 0.6) is 0 Å². The summed E-state index contributed by atoms with van der Waals surface area (Å²) >= 11 is 0. The lowest BCUT2D eigenvalue weighted by molar-refractivity contribution is -0.131. The zero-order valence-corrected chi connectivity index (χ0v) is 13.2. The molecule has 5 nitrogen and oxygen atoms in total. The fraction of sp³-hybridized carbons (Fsp3) is 0.929. The molecule has 116 valence electrons. The molecule has 1 aliphatic carbocycles. The van der Waals surface area contributed by atoms with Gasteiger partial charge < -0.3 is 4.90 Å². The van der Waals surface area contributed by atoms with Gasteiger partial charge in [0.05, 0.1) is 12.8 Å². The fourth-order valence-electron chi connectivity index (χ4n) is 3.26. The Kier molecular flexibility index (Phi) is 5.43. The lowest BCUT2D eigenvalue weighted by Gasteiger charge is -2.29. The number of amides is 1. The molecule has 0 aromatic heterocycles. The molecule has 1 heterocycles. The maximum Gasteiger partial charge on any atom is 0.237 e. The van der Waals surface area contributed by atoms with Crippen LogP contribution in [0.15, 0.2) is 0 Å². The second kappa shape index (κ2) is 6.89. The highest BCUT2D eigenvalue weighted by Gasteiger charge is 2.32. The number of nitrogens with zero attached hydrogens (tertiary/aromatic N) is 2. The SMILES string of the molecule is CS(=O)(=O)N(CC(=O)N1CCCCCC1)C1CCCC1. The van der Waals surface area contributed by atoms with Gasteiger partial charge in [0, 0.05) is 19.1 Å². The molecule has 2 aliphatic rings. The Morgan fingerprint density at radius 2 is 1.60 bits per heavy atom. The van der Waals surface area contributed by atoms with Crippen molar-refractivity contribution in [1.82, 2.24) is 9.21 Å². The summed E-state index contributed by atoms with van der Waals surface area (Å²) in [6.07, 6.45) is 9.54. The first kappa shape index (κ1) is 15.8. The minimum atomic E-state index is -3.31. The summed E-state index contributed by atoms with van der Waals surface area (Å²) in [7, 11) is -3.31. The van der Waals surface area contributed by atoms with E-state index in [-0.39, 0.29) is 18.5 Å². The smallest absolute Gasteiger partial charge is 0.237 e. The third-order valence-electron chi connectivity index (χ3n) is 4.41. The molecule has 2 fully saturated rings. The molecule has 0 bridgehead atoms. The van der Waals surface area contributed by atoms with Crippen molar-refractivity contribution in [2.45, 2.75) is 57.4 Å². The zero-order chi connectivity index (χ0) is 14.6. The first-order valence-electron chi connectivity index (χ1n) is 7.73. The van der Waals surface area contributed by atoms with Gasteiger partial charge in [0.2, 0.25) is 15.9 Å². The molecule has 0 aromatic rings. The van der Waals surface area contributed by atoms with Gasteiger partial charge in [-0.1, -0.05) is 25.7 Å². The van der Waals surface area contributed by atoms with Crippen molar-refractivity contribution in [3.05, 3.63) is 0 Å². The van der Waals surface area contributed by atoms with E-state index in [0.29, 0.717) is 0 Å². The number of hydrogen-bond donors (Lipinski definition) is 0. The van der Waals surface area contributed by atoms with E-state index in [4.69, 9.17) is 0 Å². The fourth-order valence-corrected chi connectivity index (χ4v) is 4.36. The predicted octanol–water partition coefficient (Wildman–Crippen LogP) is 1.59. The molecule has 0 aromatic carbocycles. The van der Waals surface area contributed by atoms with E-state index in [2.05, 4.69) is 0 Å². The number of carbonyl (C=O) groups is 1. The van der Waals surface area contributed by atoms with E-state index in [9.17, 15) is 13.2 Å². The summed E-state index contributed by atoms with van der Waals surface area (Å²) in [5.74, 6) is -0.0239. The molecule has 0 radical (unpaired) electrons. The van der Waals surface area contributed by atoms with Crippen LogP contribution in [0.3, 0.4) is 0 Å². The zero-order valence-electron chi connectivity index (χ0n) is 12.4. The van der Waals surface area contributed by atoms with Crippen LogP contribution < -0.4 is 0 Å². The normalized spacial score (nSPS) is 22.2. The first-order chi connectivity index (χ1) is 9.48. The summed E-state index contributed by atoms with van der Waals surface area (Å²) in [6.45, 7) is 1.59. The molecule has 1 aliphatic heterocycles. The monoisotopic (exact) mass is 302 g/mol. The number of hydrogen-bond acceptors (Lipinski definition) is 3. The summed E-state index contributed by atoms with van der Waals surface area (Å²) in [5, 5.41) is 0. The highest BCUT2D eigenvalue weighted by molar-refractivity contribution is 7.88. The van der Waals surface area contributed by atoms with Gasteiger partial charge in [0.15, 0.2) is 0 Å². The molecule has 0 atom stereocenters. The van der Waals surface area contributed by atoms with Crippen molar-refractivity contribution in [2.75, 3.05) is 25.9 Å². The quantitative estimate of drug-likeness (QED) is 0.792. The van der Waals surface area contributed by atoms with Crippen molar-refractivity contribution in [3.63, 3.8) is 0 Å². The van der Waals surface area contributed by atoms with E-state index in [1.54, 1.807) is 0 Å². The maximum absolute atomic E-state index is 12.4. The van der Waals surface area contributed by atoms with Crippen LogP contribution in [0.1, 0.15) is 51.4 Å². The number of rotatable bonds is 4. The second-order valence-electron chi connectivity index (χ2n) is 6.04. The number of carbonyl (C=O) groups excluding carboxylic acids is 1. The van der Waals surface area contributed by atoms with E-state index in [1.807, 2.05) is 4.90 Å². The molecule has 6 heteroatoms. The Hall–Kier alpha value is -0.620. The van der Waals surface area contributed by atoms with Crippen LogP contribution in [0, 0.1) is 0 Å². The average molecular weight is 302 g/mol. The number of likely N-dealkylation sites (tertiary alicyclic amines) is 1. The van der Waals surface area contributed by atoms with Crippen LogP contribution in [0.25, 0.3) is 0 Å². The third kappa shape index (κ3) is 4.19. The molecule has 2 rings (SSSR count). The molecule has 1 saturated carbocycles. The van der Waals surface area contributed by atoms with Crippen LogP contribution in [-0.2, 0) is 14.8 Å². The average Bonchev–Trinajstić information content (AvgIpc) is 2.75. The van der Waals surface area contributed by atoms with E-state index in [1.165, 1.54) is 23.4 Å². The van der Waals surface area contributed by atoms with Gasteiger partial charge in [0.25, 0.3) is 0 Å². The highest BCUT2D eigenvalue weighted by atomic mass is 32.2. The van der Waals surface area contributed by atoms with Gasteiger partial charge >= 0.3 is 0 Å². The Morgan fingerprint density at radius 3 is 2.10 bits per heavy atom. The Morgan fingerprint density at radius 1 is 1.05 bits per heavy atom. The van der Waals surface area contributed by atoms with Gasteiger partial charge in [-0.2, -0.15) is 4.31 Å². The highest BCUT2D eigenvalue weighted by Crippen LogP contribution is 2.25. The molecule has 1 saturated heterocycles. The molecule has 0 spiro atoms. The van der Waals surface area contributed by atoms with Crippen molar-refractivity contribution in [3.8, 4) is 0 Å². The second-order valence-corrected chi connectivity index (χ2v) is 7.98. The van der Waals surface area contributed by atoms with Crippen molar-refractivity contribution in [1.29, 1.82) is 0 Å². The molecular formula is C14H26N2O3S. The Balaban J connectivity index is 2.01. The Bertz CT molecular complexity index is 422. The molecular weight excluding hydrogens is 276 g/mol. The van der Waals surface area contributed by atoms with Crippen molar-refractivity contribution in [2.24, 2.45) is 0 Å². The summed E-state index contributed by atoms with van der Waals surface area (Å²) in [4.78, 5) is 14.2. The topological polar surface area (TPSA) is 57.7 Å². The van der Waals surface area contributed by atoms with Gasteiger partial charge in [-0.05, 0) is 25.7 Å². The minimum absolute atomic E-state index is 0.0239. The van der Waals surface area contributed by atoms with Gasteiger partial charge in [-0.25, -0.2) is 8.42 Å². The van der Waals surface area contributed by atoms with Crippen LogP contribution >= 0.6 is 0 Å². The van der Waals surface area contributed by atoms with Crippen LogP contribution in [0.2, 0.25) is 0 Å². The minimum Gasteiger partial charge on any atom is -0.342 e. The van der Waals surface area contributed by atoms with E-state index >= 15 is 0 Å². The first-order valence-corrected chi connectivity index (χ1v) is 9.58. The lowest BCUT2D eigenvalue weighted by atomic mass is 10.2. The maximum atomic E-state index is 12.4. The number of sulfonamides is 1. The predicted molar refractivity (Wildman–Crippen MR) is 78.9 cm³/mol. The van der Waals surface area contributed by atoms with Gasteiger partial charge in [-0.3, -0.25) is 4.79 Å². The third-order valence-corrected chi connectivity index (χ3v) is 5.69. The standard InChI is InChI=1S/C14H26N2O3S/c1-20(18,19)16(13-8-4-5-9-13)12-14(17)15-10-6-2-3-7-11-15/h13H,2-12H2,1H3. The van der Waals surface area contributed by atoms with Crippen LogP contribution in [-0.4, -0.2) is 55.5 Å². The summed E-state index contributed by atoms with van der Waals surface area (Å²) in [5.41, 5.74) is 0. The summed E-state index contributed by atoms with van der Waals surface area (Å²) < 4.78 is 25.4. The lowest BCUT2D eigenvalue weighted by Crippen LogP contribution is -2.46. The van der Waals surface area contributed by atoms with Crippen molar-refractivity contribution < 1.29 is 13.2 Å². The van der Waals surface area contributed by atoms with E-state index < -0.39 is 10.0 Å². The molecule has 1 amide bonds. The molecule has 20 heavy (non-hydrogen) atoms. The van der Waals surface area contributed by atoms with E-state index in [0.717, 1.165) is 51.6 Å². The van der Waals surface area contributed by atoms with Crippen molar-refractivity contribution >= 4 is 15.9 Å². The Labute approximate surface area is 122 Å². The molecule has 0 unspecified atom stereocenters. The largest absolute Gasteiger partial charge is 0.342 e. The van der Waals surface area contributed by atoms with Gasteiger partial charge in [0.1, 0.15) is 0 Å².